The number of aliphatic imine (C=N–C) groups is 1. The summed E-state index contributed by atoms with van der Waals surface area (Å²) in [6.45, 7) is 7.79. The van der Waals surface area contributed by atoms with Gasteiger partial charge in [0, 0.05) is 30.6 Å². The second-order valence-corrected chi connectivity index (χ2v) is 7.29. The number of benzene rings is 1. The lowest BCUT2D eigenvalue weighted by Crippen LogP contribution is -2.39. The topological polar surface area (TPSA) is 69.5 Å². The largest absolute Gasteiger partial charge is 0.384 e. The van der Waals surface area contributed by atoms with E-state index in [0.717, 1.165) is 36.5 Å². The van der Waals surface area contributed by atoms with Crippen molar-refractivity contribution in [1.29, 1.82) is 0 Å². The van der Waals surface area contributed by atoms with Crippen molar-refractivity contribution >= 4 is 41.3 Å². The molecule has 144 valence electrons. The van der Waals surface area contributed by atoms with Crippen molar-refractivity contribution in [3.05, 3.63) is 52.0 Å². The summed E-state index contributed by atoms with van der Waals surface area (Å²) in [6, 6.07) is 9.63. The molecule has 1 atom stereocenters. The molecular formula is C19H29IN4OS. The van der Waals surface area contributed by atoms with E-state index in [1.807, 2.05) is 43.5 Å². The molecule has 0 saturated heterocycles. The van der Waals surface area contributed by atoms with Crippen LogP contribution in [0.5, 0.6) is 0 Å². The minimum Gasteiger partial charge on any atom is -0.384 e. The second-order valence-electron chi connectivity index (χ2n) is 6.09. The van der Waals surface area contributed by atoms with Gasteiger partial charge in [0.15, 0.2) is 5.96 Å². The maximum Gasteiger partial charge on any atom is 0.191 e. The number of nitrogens with one attached hydrogen (secondary N) is 2. The first-order chi connectivity index (χ1) is 12.0. The molecule has 0 spiro atoms. The third-order valence-corrected chi connectivity index (χ3v) is 5.07. The van der Waals surface area contributed by atoms with Crippen LogP contribution in [0.2, 0.25) is 0 Å². The third-order valence-electron chi connectivity index (χ3n) is 3.87. The molecule has 2 rings (SSSR count). The summed E-state index contributed by atoms with van der Waals surface area (Å²) in [5.41, 5.74) is -0.126. The summed E-state index contributed by atoms with van der Waals surface area (Å²) < 4.78 is 0. The van der Waals surface area contributed by atoms with Crippen LogP contribution in [0.1, 0.15) is 36.2 Å². The molecule has 0 aliphatic heterocycles. The number of halogens is 1. The van der Waals surface area contributed by atoms with E-state index < -0.39 is 5.60 Å². The predicted molar refractivity (Wildman–Crippen MR) is 121 cm³/mol. The van der Waals surface area contributed by atoms with E-state index in [-0.39, 0.29) is 24.0 Å². The second kappa shape index (κ2) is 11.5. The minimum atomic E-state index is -0.991. The molecular weight excluding hydrogens is 459 g/mol. The first-order valence-electron chi connectivity index (χ1n) is 8.78. The number of thiazole rings is 1. The van der Waals surface area contributed by atoms with E-state index in [1.54, 1.807) is 18.3 Å². The van der Waals surface area contributed by atoms with E-state index in [1.165, 1.54) is 4.88 Å². The Labute approximate surface area is 177 Å². The molecule has 7 heteroatoms. The maximum absolute atomic E-state index is 10.7. The minimum absolute atomic E-state index is 0. The summed E-state index contributed by atoms with van der Waals surface area (Å²) in [6.07, 6.45) is 3.85. The van der Waals surface area contributed by atoms with E-state index in [9.17, 15) is 5.11 Å². The number of aromatic nitrogens is 1. The van der Waals surface area contributed by atoms with Crippen molar-refractivity contribution in [2.45, 2.75) is 39.2 Å². The van der Waals surface area contributed by atoms with Gasteiger partial charge in [-0.15, -0.1) is 35.3 Å². The van der Waals surface area contributed by atoms with Gasteiger partial charge in [0.25, 0.3) is 0 Å². The molecule has 5 nitrogen and oxygen atoms in total. The Morgan fingerprint density at radius 1 is 1.23 bits per heavy atom. The fourth-order valence-corrected chi connectivity index (χ4v) is 3.24. The Morgan fingerprint density at radius 2 is 1.96 bits per heavy atom. The smallest absolute Gasteiger partial charge is 0.191 e. The number of aryl methyl sites for hydroxylation is 1. The Hall–Kier alpha value is -1.19. The fourth-order valence-electron chi connectivity index (χ4n) is 2.38. The normalized spacial score (nSPS) is 13.6. The van der Waals surface area contributed by atoms with Crippen LogP contribution in [-0.4, -0.2) is 35.7 Å². The Kier molecular flexibility index (Phi) is 10.1. The average Bonchev–Trinajstić information content (AvgIpc) is 3.08. The number of guanidine groups is 1. The van der Waals surface area contributed by atoms with Crippen molar-refractivity contribution < 1.29 is 5.11 Å². The summed E-state index contributed by atoms with van der Waals surface area (Å²) in [5.74, 6) is 0.714. The zero-order chi connectivity index (χ0) is 18.1. The van der Waals surface area contributed by atoms with E-state index in [0.29, 0.717) is 12.5 Å². The van der Waals surface area contributed by atoms with E-state index in [4.69, 9.17) is 0 Å². The molecule has 0 aliphatic rings. The van der Waals surface area contributed by atoms with Crippen molar-refractivity contribution in [3.8, 4) is 0 Å². The lowest BCUT2D eigenvalue weighted by molar-refractivity contribution is 0.0672. The number of nitrogens with zero attached hydrogens (tertiary/aromatic N) is 2. The van der Waals surface area contributed by atoms with Gasteiger partial charge in [-0.1, -0.05) is 37.3 Å². The van der Waals surface area contributed by atoms with Gasteiger partial charge in [-0.2, -0.15) is 0 Å². The van der Waals surface area contributed by atoms with Crippen LogP contribution in [0, 0.1) is 0 Å². The van der Waals surface area contributed by atoms with E-state index in [2.05, 4.69) is 27.5 Å². The number of rotatable bonds is 8. The van der Waals surface area contributed by atoms with Crippen LogP contribution >= 0.6 is 35.3 Å². The molecule has 2 aromatic rings. The van der Waals surface area contributed by atoms with Crippen LogP contribution in [0.4, 0.5) is 0 Å². The van der Waals surface area contributed by atoms with Crippen molar-refractivity contribution in [3.63, 3.8) is 0 Å². The maximum atomic E-state index is 10.7. The van der Waals surface area contributed by atoms with Gasteiger partial charge in [-0.05, 0) is 25.8 Å². The quantitative estimate of drug-likeness (QED) is 0.303. The molecule has 0 saturated carbocycles. The molecule has 0 radical (unpaired) electrons. The highest BCUT2D eigenvalue weighted by Gasteiger charge is 2.22. The lowest BCUT2D eigenvalue weighted by Gasteiger charge is -2.22. The summed E-state index contributed by atoms with van der Waals surface area (Å²) in [7, 11) is 0. The molecule has 0 amide bonds. The highest BCUT2D eigenvalue weighted by molar-refractivity contribution is 14.0. The molecule has 1 aromatic heterocycles. The number of hydrogen-bond donors (Lipinski definition) is 3. The monoisotopic (exact) mass is 488 g/mol. The molecule has 1 unspecified atom stereocenters. The highest BCUT2D eigenvalue weighted by atomic mass is 127. The van der Waals surface area contributed by atoms with Gasteiger partial charge >= 0.3 is 0 Å². The van der Waals surface area contributed by atoms with Gasteiger partial charge in [-0.3, -0.25) is 0 Å². The number of hydrogen-bond acceptors (Lipinski definition) is 4. The van der Waals surface area contributed by atoms with E-state index >= 15 is 0 Å². The van der Waals surface area contributed by atoms with Crippen LogP contribution in [-0.2, 0) is 18.4 Å². The van der Waals surface area contributed by atoms with Gasteiger partial charge < -0.3 is 15.7 Å². The predicted octanol–water partition coefficient (Wildman–Crippen LogP) is 3.33. The van der Waals surface area contributed by atoms with Crippen molar-refractivity contribution in [1.82, 2.24) is 15.6 Å². The molecule has 1 aromatic carbocycles. The zero-order valence-corrected chi connectivity index (χ0v) is 18.8. The summed E-state index contributed by atoms with van der Waals surface area (Å²) in [4.78, 5) is 10.3. The molecule has 1 heterocycles. The zero-order valence-electron chi connectivity index (χ0n) is 15.7. The first kappa shape index (κ1) is 22.9. The SMILES string of the molecule is CCNC(=NCC(C)(O)c1ccccc1)NCCc1ncc(CC)s1.I. The third kappa shape index (κ3) is 7.20. The molecule has 3 N–H and O–H groups in total. The molecule has 26 heavy (non-hydrogen) atoms. The first-order valence-corrected chi connectivity index (χ1v) is 9.60. The van der Waals surface area contributed by atoms with Crippen molar-refractivity contribution in [2.24, 2.45) is 4.99 Å². The van der Waals surface area contributed by atoms with Gasteiger partial charge in [0.1, 0.15) is 5.60 Å². The Morgan fingerprint density at radius 3 is 2.58 bits per heavy atom. The van der Waals surface area contributed by atoms with Crippen molar-refractivity contribution in [2.75, 3.05) is 19.6 Å². The Balaban J connectivity index is 0.00000338. The molecule has 0 fully saturated rings. The Bertz CT molecular complexity index is 673. The van der Waals surface area contributed by atoms with Gasteiger partial charge in [-0.25, -0.2) is 9.98 Å². The number of aliphatic hydroxyl groups is 1. The summed E-state index contributed by atoms with van der Waals surface area (Å²) in [5, 5.41) is 18.3. The van der Waals surface area contributed by atoms with Crippen LogP contribution < -0.4 is 10.6 Å². The average molecular weight is 488 g/mol. The fraction of sp³-hybridized carbons (Fsp3) is 0.474. The molecule has 0 aliphatic carbocycles. The standard InChI is InChI=1S/C19H28N4OS.HI/c1-4-16-13-22-17(25-16)11-12-21-18(20-5-2)23-14-19(3,24)15-9-7-6-8-10-15;/h6-10,13,24H,4-5,11-12,14H2,1-3H3,(H2,20,21,23);1H. The lowest BCUT2D eigenvalue weighted by atomic mass is 9.96. The van der Waals surface area contributed by atoms with Gasteiger partial charge in [0.2, 0.25) is 0 Å². The summed E-state index contributed by atoms with van der Waals surface area (Å²) >= 11 is 1.76. The molecule has 0 bridgehead atoms. The van der Waals surface area contributed by atoms with Gasteiger partial charge in [0.05, 0.1) is 11.6 Å². The van der Waals surface area contributed by atoms with Crippen LogP contribution in [0.3, 0.4) is 0 Å². The highest BCUT2D eigenvalue weighted by Crippen LogP contribution is 2.20. The van der Waals surface area contributed by atoms with Crippen LogP contribution in [0.25, 0.3) is 0 Å². The van der Waals surface area contributed by atoms with Crippen LogP contribution in [0.15, 0.2) is 41.5 Å².